The lowest BCUT2D eigenvalue weighted by Gasteiger charge is -2.07. The first-order chi connectivity index (χ1) is 10.9. The van der Waals surface area contributed by atoms with Crippen LogP contribution in [0.3, 0.4) is 0 Å². The summed E-state index contributed by atoms with van der Waals surface area (Å²) in [6.45, 7) is 3.65. The maximum Gasteiger partial charge on any atom is 0.335 e. The minimum atomic E-state index is -0.982. The van der Waals surface area contributed by atoms with Gasteiger partial charge in [-0.15, -0.1) is 0 Å². The first-order valence-electron chi connectivity index (χ1n) is 6.82. The molecule has 23 heavy (non-hydrogen) atoms. The zero-order valence-corrected chi connectivity index (χ0v) is 13.5. The second kappa shape index (κ2) is 8.57. The number of hydrogen-bond donors (Lipinski definition) is 1. The van der Waals surface area contributed by atoms with Crippen molar-refractivity contribution in [3.8, 4) is 11.8 Å². The van der Waals surface area contributed by atoms with Gasteiger partial charge in [0, 0.05) is 18.4 Å². The third-order valence-electron chi connectivity index (χ3n) is 2.77. The maximum atomic E-state index is 10.9. The Kier molecular flexibility index (Phi) is 6.79. The second-order valence-electron chi connectivity index (χ2n) is 4.34. The molecule has 1 aromatic carbocycles. The van der Waals surface area contributed by atoms with E-state index in [1.165, 1.54) is 33.3 Å². The molecule has 0 spiro atoms. The summed E-state index contributed by atoms with van der Waals surface area (Å²) in [4.78, 5) is 24.8. The normalized spacial score (nSPS) is 9.57. The molecule has 0 aliphatic rings. The molecule has 1 heterocycles. The lowest BCUT2D eigenvalue weighted by molar-refractivity contribution is -0.140. The topological polar surface area (TPSA) is 95.0 Å². The Balaban J connectivity index is 0.000000379. The summed E-state index contributed by atoms with van der Waals surface area (Å²) in [6, 6.07) is 6.49. The molecule has 0 atom stereocenters. The van der Waals surface area contributed by atoms with Crippen molar-refractivity contribution in [1.82, 2.24) is 4.98 Å². The second-order valence-corrected chi connectivity index (χ2v) is 4.34. The van der Waals surface area contributed by atoms with E-state index in [9.17, 15) is 9.59 Å². The van der Waals surface area contributed by atoms with Crippen molar-refractivity contribution in [3.63, 3.8) is 0 Å². The van der Waals surface area contributed by atoms with Crippen LogP contribution in [0.25, 0.3) is 10.8 Å². The molecule has 0 radical (unpaired) electrons. The van der Waals surface area contributed by atoms with Gasteiger partial charge in [-0.1, -0.05) is 6.07 Å². The van der Waals surface area contributed by atoms with Crippen molar-refractivity contribution < 1.29 is 28.9 Å². The molecule has 1 aromatic heterocycles. The number of hydrogen-bond acceptors (Lipinski definition) is 6. The van der Waals surface area contributed by atoms with E-state index in [0.29, 0.717) is 23.8 Å². The van der Waals surface area contributed by atoms with Gasteiger partial charge in [0.05, 0.1) is 26.4 Å². The highest BCUT2D eigenvalue weighted by atomic mass is 16.5. The molecule has 7 heteroatoms. The third-order valence-corrected chi connectivity index (χ3v) is 2.77. The van der Waals surface area contributed by atoms with Crippen LogP contribution in [0.2, 0.25) is 0 Å². The smallest absolute Gasteiger partial charge is 0.335 e. The lowest BCUT2D eigenvalue weighted by atomic mass is 10.1. The standard InChI is InChI=1S/C12H11NO4.C4H8O2/c1-16-10-6-7-3-4-8(12(14)15)5-9(7)11(13-10)17-2;1-3-6-4(2)5/h3-6H,1-2H3,(H,14,15);3H2,1-2H3. The molecule has 0 fully saturated rings. The lowest BCUT2D eigenvalue weighted by Crippen LogP contribution is -1.98. The van der Waals surface area contributed by atoms with Crippen molar-refractivity contribution in [2.75, 3.05) is 20.8 Å². The SMILES string of the molecule is CCOC(C)=O.COc1cc2ccc(C(=O)O)cc2c(OC)n1. The van der Waals surface area contributed by atoms with Crippen LogP contribution in [0.5, 0.6) is 11.8 Å². The van der Waals surface area contributed by atoms with E-state index in [4.69, 9.17) is 14.6 Å². The minimum Gasteiger partial charge on any atom is -0.481 e. The highest BCUT2D eigenvalue weighted by molar-refractivity contribution is 5.96. The number of rotatable bonds is 4. The van der Waals surface area contributed by atoms with Crippen LogP contribution in [-0.2, 0) is 9.53 Å². The van der Waals surface area contributed by atoms with Gasteiger partial charge in [-0.05, 0) is 24.4 Å². The summed E-state index contributed by atoms with van der Waals surface area (Å²) >= 11 is 0. The van der Waals surface area contributed by atoms with Crippen molar-refractivity contribution in [1.29, 1.82) is 0 Å². The molecule has 0 saturated carbocycles. The number of esters is 1. The molecule has 124 valence electrons. The van der Waals surface area contributed by atoms with Gasteiger partial charge in [0.2, 0.25) is 11.8 Å². The number of aromatic nitrogens is 1. The predicted octanol–water partition coefficient (Wildman–Crippen LogP) is 2.52. The average Bonchev–Trinajstić information content (AvgIpc) is 2.53. The van der Waals surface area contributed by atoms with Crippen LogP contribution in [0.4, 0.5) is 0 Å². The Bertz CT molecular complexity index is 698. The van der Waals surface area contributed by atoms with E-state index in [1.807, 2.05) is 0 Å². The Labute approximate surface area is 133 Å². The number of fused-ring (bicyclic) bond motifs is 1. The number of carboxylic acid groups (broad SMARTS) is 1. The van der Waals surface area contributed by atoms with E-state index >= 15 is 0 Å². The van der Waals surface area contributed by atoms with Gasteiger partial charge in [0.25, 0.3) is 0 Å². The predicted molar refractivity (Wildman–Crippen MR) is 84.1 cm³/mol. The van der Waals surface area contributed by atoms with Gasteiger partial charge in [-0.3, -0.25) is 4.79 Å². The number of benzene rings is 1. The van der Waals surface area contributed by atoms with Crippen molar-refractivity contribution >= 4 is 22.7 Å². The van der Waals surface area contributed by atoms with Crippen LogP contribution in [0.15, 0.2) is 24.3 Å². The molecule has 7 nitrogen and oxygen atoms in total. The number of methoxy groups -OCH3 is 2. The number of pyridine rings is 1. The van der Waals surface area contributed by atoms with Crippen LogP contribution in [0.1, 0.15) is 24.2 Å². The number of nitrogens with zero attached hydrogens (tertiary/aromatic N) is 1. The number of carbonyl (C=O) groups is 2. The van der Waals surface area contributed by atoms with E-state index in [1.54, 1.807) is 19.1 Å². The van der Waals surface area contributed by atoms with Crippen molar-refractivity contribution in [3.05, 3.63) is 29.8 Å². The summed E-state index contributed by atoms with van der Waals surface area (Å²) in [6.07, 6.45) is 0. The van der Waals surface area contributed by atoms with E-state index in [-0.39, 0.29) is 11.5 Å². The van der Waals surface area contributed by atoms with Gasteiger partial charge in [0.1, 0.15) is 0 Å². The van der Waals surface area contributed by atoms with E-state index in [0.717, 1.165) is 5.39 Å². The van der Waals surface area contributed by atoms with Crippen molar-refractivity contribution in [2.24, 2.45) is 0 Å². The van der Waals surface area contributed by atoms with Gasteiger partial charge < -0.3 is 19.3 Å². The van der Waals surface area contributed by atoms with Gasteiger partial charge in [0.15, 0.2) is 0 Å². The summed E-state index contributed by atoms with van der Waals surface area (Å²) in [7, 11) is 2.99. The fraction of sp³-hybridized carbons (Fsp3) is 0.312. The zero-order valence-electron chi connectivity index (χ0n) is 13.5. The number of carbonyl (C=O) groups excluding carboxylic acids is 1. The molecule has 0 saturated heterocycles. The van der Waals surface area contributed by atoms with Crippen molar-refractivity contribution in [2.45, 2.75) is 13.8 Å². The number of carboxylic acids is 1. The fourth-order valence-electron chi connectivity index (χ4n) is 1.79. The molecule has 0 aliphatic heterocycles. The average molecular weight is 321 g/mol. The first kappa shape index (κ1) is 18.2. The molecular formula is C16H19NO6. The Hall–Kier alpha value is -2.83. The minimum absolute atomic E-state index is 0.197. The quantitative estimate of drug-likeness (QED) is 0.864. The molecule has 2 rings (SSSR count). The van der Waals surface area contributed by atoms with Crippen LogP contribution < -0.4 is 9.47 Å². The van der Waals surface area contributed by atoms with Crippen LogP contribution >= 0.6 is 0 Å². The Morgan fingerprint density at radius 1 is 1.17 bits per heavy atom. The van der Waals surface area contributed by atoms with Crippen LogP contribution in [0, 0.1) is 0 Å². The summed E-state index contributed by atoms with van der Waals surface area (Å²) in [5.41, 5.74) is 0.197. The molecule has 0 amide bonds. The Morgan fingerprint density at radius 2 is 1.87 bits per heavy atom. The molecule has 2 aromatic rings. The number of ether oxygens (including phenoxy) is 3. The molecule has 0 aliphatic carbocycles. The maximum absolute atomic E-state index is 10.9. The number of aromatic carboxylic acids is 1. The first-order valence-corrected chi connectivity index (χ1v) is 6.82. The third kappa shape index (κ3) is 5.14. The monoisotopic (exact) mass is 321 g/mol. The highest BCUT2D eigenvalue weighted by Gasteiger charge is 2.10. The molecule has 0 unspecified atom stereocenters. The van der Waals surface area contributed by atoms with Crippen LogP contribution in [-0.4, -0.2) is 42.9 Å². The fourth-order valence-corrected chi connectivity index (χ4v) is 1.79. The van der Waals surface area contributed by atoms with Gasteiger partial charge in [-0.2, -0.15) is 4.98 Å². The van der Waals surface area contributed by atoms with Gasteiger partial charge >= 0.3 is 11.9 Å². The molecule has 0 bridgehead atoms. The van der Waals surface area contributed by atoms with E-state index < -0.39 is 5.97 Å². The van der Waals surface area contributed by atoms with Gasteiger partial charge in [-0.25, -0.2) is 4.79 Å². The largest absolute Gasteiger partial charge is 0.481 e. The highest BCUT2D eigenvalue weighted by Crippen LogP contribution is 2.28. The molecular weight excluding hydrogens is 302 g/mol. The Morgan fingerprint density at radius 3 is 2.30 bits per heavy atom. The van der Waals surface area contributed by atoms with E-state index in [2.05, 4.69) is 9.72 Å². The summed E-state index contributed by atoms with van der Waals surface area (Å²) in [5.74, 6) is -0.415. The molecule has 1 N–H and O–H groups in total. The summed E-state index contributed by atoms with van der Waals surface area (Å²) < 4.78 is 14.6. The summed E-state index contributed by atoms with van der Waals surface area (Å²) in [5, 5.41) is 10.4. The zero-order chi connectivity index (χ0) is 17.4.